The number of hydrogen-bond donors (Lipinski definition) is 2. The molecule has 1 aromatic rings. The minimum Gasteiger partial charge on any atom is -0.388 e. The van der Waals surface area contributed by atoms with Crippen LogP contribution in [0.25, 0.3) is 0 Å². The van der Waals surface area contributed by atoms with Gasteiger partial charge in [-0.2, -0.15) is 26.3 Å². The second-order valence-corrected chi connectivity index (χ2v) is 4.44. The Morgan fingerprint density at radius 2 is 1.25 bits per heavy atom. The first-order valence-electron chi connectivity index (χ1n) is 5.51. The molecule has 0 atom stereocenters. The van der Waals surface area contributed by atoms with Crippen molar-refractivity contribution >= 4 is 5.69 Å². The number of halogens is 6. The van der Waals surface area contributed by atoms with Crippen molar-refractivity contribution in [2.24, 2.45) is 0 Å². The van der Waals surface area contributed by atoms with Crippen molar-refractivity contribution in [3.8, 4) is 0 Å². The van der Waals surface area contributed by atoms with Crippen molar-refractivity contribution < 1.29 is 31.4 Å². The fourth-order valence-corrected chi connectivity index (χ4v) is 2.05. The first kappa shape index (κ1) is 16.6. The molecule has 20 heavy (non-hydrogen) atoms. The largest absolute Gasteiger partial charge is 0.430 e. The van der Waals surface area contributed by atoms with Gasteiger partial charge in [-0.15, -0.1) is 0 Å². The van der Waals surface area contributed by atoms with E-state index in [1.807, 2.05) is 0 Å². The molecule has 0 fully saturated rings. The molecular formula is C12H13F6NO. The van der Waals surface area contributed by atoms with Gasteiger partial charge in [-0.25, -0.2) is 0 Å². The third kappa shape index (κ3) is 2.44. The maximum Gasteiger partial charge on any atom is 0.430 e. The molecule has 0 aromatic heterocycles. The van der Waals surface area contributed by atoms with Crippen LogP contribution < -0.4 is 5.32 Å². The van der Waals surface area contributed by atoms with Crippen LogP contribution in [0, 0.1) is 13.8 Å². The molecule has 0 aliphatic rings. The van der Waals surface area contributed by atoms with E-state index in [0.29, 0.717) is 17.8 Å². The van der Waals surface area contributed by atoms with Gasteiger partial charge in [0.1, 0.15) is 0 Å². The van der Waals surface area contributed by atoms with Gasteiger partial charge < -0.3 is 10.4 Å². The summed E-state index contributed by atoms with van der Waals surface area (Å²) in [6.07, 6.45) is -11.7. The Labute approximate surface area is 111 Å². The van der Waals surface area contributed by atoms with Gasteiger partial charge in [0.15, 0.2) is 0 Å². The van der Waals surface area contributed by atoms with Gasteiger partial charge in [-0.3, -0.25) is 0 Å². The van der Waals surface area contributed by atoms with Gasteiger partial charge in [0.25, 0.3) is 5.60 Å². The van der Waals surface area contributed by atoms with Crippen molar-refractivity contribution in [3.05, 3.63) is 28.8 Å². The fraction of sp³-hybridized carbons (Fsp3) is 0.500. The average Bonchev–Trinajstić information content (AvgIpc) is 2.24. The first-order valence-corrected chi connectivity index (χ1v) is 5.51. The Hall–Kier alpha value is -1.44. The lowest BCUT2D eigenvalue weighted by atomic mass is 9.89. The van der Waals surface area contributed by atoms with E-state index in [1.165, 1.54) is 20.9 Å². The number of benzene rings is 1. The molecule has 1 aromatic carbocycles. The zero-order valence-electron chi connectivity index (χ0n) is 10.9. The van der Waals surface area contributed by atoms with Gasteiger partial charge in [0.05, 0.1) is 0 Å². The first-order chi connectivity index (χ1) is 8.86. The number of anilines is 1. The Bertz CT molecular complexity index is 469. The molecule has 0 amide bonds. The highest BCUT2D eigenvalue weighted by Crippen LogP contribution is 2.50. The van der Waals surface area contributed by atoms with Crippen LogP contribution in [0.1, 0.15) is 16.7 Å². The van der Waals surface area contributed by atoms with Crippen molar-refractivity contribution in [1.82, 2.24) is 0 Å². The van der Waals surface area contributed by atoms with Gasteiger partial charge >= 0.3 is 12.4 Å². The summed E-state index contributed by atoms with van der Waals surface area (Å²) in [7, 11) is 1.49. The number of alkyl halides is 6. The number of aryl methyl sites for hydroxylation is 2. The van der Waals surface area contributed by atoms with Crippen LogP contribution in [-0.2, 0) is 5.60 Å². The summed E-state index contributed by atoms with van der Waals surface area (Å²) >= 11 is 0. The van der Waals surface area contributed by atoms with E-state index in [-0.39, 0.29) is 11.1 Å². The molecule has 0 heterocycles. The lowest BCUT2D eigenvalue weighted by molar-refractivity contribution is -0.376. The predicted octanol–water partition coefficient (Wildman–Crippen LogP) is 3.66. The second-order valence-electron chi connectivity index (χ2n) is 4.44. The van der Waals surface area contributed by atoms with E-state index in [0.717, 1.165) is 0 Å². The number of nitrogens with one attached hydrogen (secondary N) is 1. The molecule has 0 saturated heterocycles. The Kier molecular flexibility index (Phi) is 4.02. The van der Waals surface area contributed by atoms with E-state index in [9.17, 15) is 31.4 Å². The highest BCUT2D eigenvalue weighted by Gasteiger charge is 2.71. The summed E-state index contributed by atoms with van der Waals surface area (Å²) in [6.45, 7) is 2.71. The monoisotopic (exact) mass is 301 g/mol. The Morgan fingerprint density at radius 1 is 0.900 bits per heavy atom. The van der Waals surface area contributed by atoms with E-state index < -0.39 is 23.5 Å². The van der Waals surface area contributed by atoms with Gasteiger partial charge in [0.2, 0.25) is 0 Å². The summed E-state index contributed by atoms with van der Waals surface area (Å²) in [5.74, 6) is 0. The molecule has 0 saturated carbocycles. The number of hydrogen-bond acceptors (Lipinski definition) is 2. The minimum absolute atomic E-state index is 0.175. The molecule has 2 nitrogen and oxygen atoms in total. The van der Waals surface area contributed by atoms with Crippen LogP contribution in [-0.4, -0.2) is 24.5 Å². The normalized spacial score (nSPS) is 13.5. The van der Waals surface area contributed by atoms with Crippen molar-refractivity contribution in [1.29, 1.82) is 0 Å². The minimum atomic E-state index is -5.87. The molecule has 0 spiro atoms. The molecule has 0 radical (unpaired) electrons. The van der Waals surface area contributed by atoms with Crippen molar-refractivity contribution in [3.63, 3.8) is 0 Å². The standard InChI is InChI=1S/C12H13F6NO/c1-6-4-8(5-7(2)9(6)19-3)10(20,11(13,14)15)12(16,17)18/h4-5,19-20H,1-3H3. The summed E-state index contributed by atoms with van der Waals surface area (Å²) in [6, 6.07) is 1.36. The maximum absolute atomic E-state index is 12.7. The Balaban J connectivity index is 3.61. The van der Waals surface area contributed by atoms with E-state index in [4.69, 9.17) is 0 Å². The van der Waals surface area contributed by atoms with Gasteiger partial charge in [-0.05, 0) is 25.0 Å². The van der Waals surface area contributed by atoms with E-state index in [1.54, 1.807) is 0 Å². The van der Waals surface area contributed by atoms with Crippen LogP contribution in [0.15, 0.2) is 12.1 Å². The maximum atomic E-state index is 12.7. The van der Waals surface area contributed by atoms with Crippen molar-refractivity contribution in [2.45, 2.75) is 31.8 Å². The molecule has 2 N–H and O–H groups in total. The van der Waals surface area contributed by atoms with Crippen LogP contribution in [0.2, 0.25) is 0 Å². The molecule has 8 heteroatoms. The zero-order chi connectivity index (χ0) is 15.9. The Morgan fingerprint density at radius 3 is 1.50 bits per heavy atom. The topological polar surface area (TPSA) is 32.3 Å². The second kappa shape index (κ2) is 4.83. The molecule has 1 rings (SSSR count). The summed E-state index contributed by atoms with van der Waals surface area (Å²) in [5.41, 5.74) is -5.36. The summed E-state index contributed by atoms with van der Waals surface area (Å²) in [5, 5.41) is 12.0. The predicted molar refractivity (Wildman–Crippen MR) is 61.5 cm³/mol. The fourth-order valence-electron chi connectivity index (χ4n) is 2.05. The third-order valence-corrected chi connectivity index (χ3v) is 3.02. The molecule has 0 aliphatic carbocycles. The average molecular weight is 301 g/mol. The summed E-state index contributed by atoms with van der Waals surface area (Å²) in [4.78, 5) is 0. The van der Waals surface area contributed by atoms with Crippen LogP contribution in [0.4, 0.5) is 32.0 Å². The smallest absolute Gasteiger partial charge is 0.388 e. The van der Waals surface area contributed by atoms with Crippen LogP contribution in [0.5, 0.6) is 0 Å². The molecule has 114 valence electrons. The SMILES string of the molecule is CNc1c(C)cc(C(O)(C(F)(F)F)C(F)(F)F)cc1C. The quantitative estimate of drug-likeness (QED) is 0.817. The number of rotatable bonds is 2. The van der Waals surface area contributed by atoms with Gasteiger partial charge in [-0.1, -0.05) is 12.1 Å². The van der Waals surface area contributed by atoms with Crippen LogP contribution >= 0.6 is 0 Å². The molecule has 0 bridgehead atoms. The number of aliphatic hydroxyl groups is 1. The lowest BCUT2D eigenvalue weighted by Crippen LogP contribution is -2.54. The molecular weight excluding hydrogens is 288 g/mol. The zero-order valence-corrected chi connectivity index (χ0v) is 10.9. The van der Waals surface area contributed by atoms with Gasteiger partial charge in [0, 0.05) is 18.3 Å². The molecule has 0 unspecified atom stereocenters. The highest BCUT2D eigenvalue weighted by atomic mass is 19.4. The van der Waals surface area contributed by atoms with Crippen LogP contribution in [0.3, 0.4) is 0 Å². The molecule has 0 aliphatic heterocycles. The lowest BCUT2D eigenvalue weighted by Gasteiger charge is -2.33. The van der Waals surface area contributed by atoms with E-state index in [2.05, 4.69) is 5.32 Å². The third-order valence-electron chi connectivity index (χ3n) is 3.02. The summed E-state index contributed by atoms with van der Waals surface area (Å²) < 4.78 is 76.5. The highest BCUT2D eigenvalue weighted by molar-refractivity contribution is 5.58. The van der Waals surface area contributed by atoms with Crippen molar-refractivity contribution in [2.75, 3.05) is 12.4 Å². The van der Waals surface area contributed by atoms with E-state index >= 15 is 0 Å².